The van der Waals surface area contributed by atoms with Crippen molar-refractivity contribution in [2.24, 2.45) is 5.92 Å². The maximum Gasteiger partial charge on any atom is 0.436 e. The molecule has 1 fully saturated rings. The van der Waals surface area contributed by atoms with Gasteiger partial charge in [0.2, 0.25) is 0 Å². The van der Waals surface area contributed by atoms with E-state index < -0.39 is 29.5 Å². The second kappa shape index (κ2) is 9.53. The average molecular weight is 475 g/mol. The Morgan fingerprint density at radius 2 is 2.07 bits per heavy atom. The number of aromatic carboxylic acids is 1. The van der Waals surface area contributed by atoms with Gasteiger partial charge in [0.25, 0.3) is 0 Å². The van der Waals surface area contributed by atoms with Crippen LogP contribution in [-0.4, -0.2) is 40.6 Å². The van der Waals surface area contributed by atoms with Crippen molar-refractivity contribution < 1.29 is 27.8 Å². The molecule has 1 aromatic carbocycles. The number of carboxylic acids is 1. The quantitative estimate of drug-likeness (QED) is 0.691. The van der Waals surface area contributed by atoms with Crippen LogP contribution in [0.1, 0.15) is 27.7 Å². The van der Waals surface area contributed by atoms with Gasteiger partial charge in [-0.2, -0.15) is 18.3 Å². The Morgan fingerprint density at radius 3 is 2.66 bits per heavy atom. The molecule has 2 heterocycles. The first-order valence-electron chi connectivity index (χ1n) is 8.32. The SMILES string of the molecule is Cl.O=C(O)c1cn(C[C@@H]2CNCCO[C@H]2c2ccc(Cl)c(Cl)c2)nc1C(F)(F)F. The molecule has 0 bridgehead atoms. The summed E-state index contributed by atoms with van der Waals surface area (Å²) < 4.78 is 46.1. The normalized spacial score (nSPS) is 20.0. The number of aromatic nitrogens is 2. The van der Waals surface area contributed by atoms with Crippen LogP contribution in [0.4, 0.5) is 13.2 Å². The van der Waals surface area contributed by atoms with Gasteiger partial charge in [-0.25, -0.2) is 4.79 Å². The van der Waals surface area contributed by atoms with Gasteiger partial charge in [-0.1, -0.05) is 29.3 Å². The Balaban J connectivity index is 0.00000300. The lowest BCUT2D eigenvalue weighted by Crippen LogP contribution is -2.28. The number of ether oxygens (including phenoxy) is 1. The molecule has 0 radical (unpaired) electrons. The van der Waals surface area contributed by atoms with Gasteiger partial charge in [0, 0.05) is 31.7 Å². The molecule has 1 aliphatic heterocycles. The lowest BCUT2D eigenvalue weighted by molar-refractivity contribution is -0.142. The summed E-state index contributed by atoms with van der Waals surface area (Å²) in [5.74, 6) is -2.00. The van der Waals surface area contributed by atoms with Gasteiger partial charge >= 0.3 is 12.1 Å². The van der Waals surface area contributed by atoms with Crippen molar-refractivity contribution in [3.8, 4) is 0 Å². The molecule has 29 heavy (non-hydrogen) atoms. The number of carboxylic acid groups (broad SMARTS) is 1. The van der Waals surface area contributed by atoms with Crippen molar-refractivity contribution in [2.45, 2.75) is 18.8 Å². The monoisotopic (exact) mass is 473 g/mol. The van der Waals surface area contributed by atoms with Gasteiger partial charge in [0.05, 0.1) is 22.8 Å². The highest BCUT2D eigenvalue weighted by Gasteiger charge is 2.39. The highest BCUT2D eigenvalue weighted by atomic mass is 35.5. The van der Waals surface area contributed by atoms with Crippen molar-refractivity contribution in [1.82, 2.24) is 15.1 Å². The molecular formula is C17H17Cl3F3N3O3. The molecule has 0 unspecified atom stereocenters. The molecule has 12 heteroatoms. The zero-order chi connectivity index (χ0) is 20.5. The minimum absolute atomic E-state index is 0. The zero-order valence-electron chi connectivity index (χ0n) is 14.7. The molecule has 2 N–H and O–H groups in total. The van der Waals surface area contributed by atoms with E-state index in [-0.39, 0.29) is 24.9 Å². The predicted octanol–water partition coefficient (Wildman–Crippen LogP) is 4.31. The summed E-state index contributed by atoms with van der Waals surface area (Å²) in [5.41, 5.74) is -1.58. The smallest absolute Gasteiger partial charge is 0.436 e. The molecule has 2 aromatic rings. The minimum Gasteiger partial charge on any atom is -0.478 e. The molecule has 2 atom stereocenters. The van der Waals surface area contributed by atoms with E-state index in [2.05, 4.69) is 10.4 Å². The average Bonchev–Trinajstić information content (AvgIpc) is 2.92. The number of carbonyl (C=O) groups is 1. The molecule has 6 nitrogen and oxygen atoms in total. The third-order valence-corrected chi connectivity index (χ3v) is 5.10. The molecular weight excluding hydrogens is 458 g/mol. The van der Waals surface area contributed by atoms with E-state index in [1.165, 1.54) is 0 Å². The van der Waals surface area contributed by atoms with E-state index in [9.17, 15) is 18.0 Å². The van der Waals surface area contributed by atoms with E-state index in [4.69, 9.17) is 33.0 Å². The number of alkyl halides is 3. The Hall–Kier alpha value is -1.52. The van der Waals surface area contributed by atoms with Crippen LogP contribution in [0.3, 0.4) is 0 Å². The van der Waals surface area contributed by atoms with Gasteiger partial charge in [-0.15, -0.1) is 12.4 Å². The predicted molar refractivity (Wildman–Crippen MR) is 103 cm³/mol. The fourth-order valence-electron chi connectivity index (χ4n) is 3.13. The first kappa shape index (κ1) is 23.8. The largest absolute Gasteiger partial charge is 0.478 e. The molecule has 0 amide bonds. The van der Waals surface area contributed by atoms with Crippen molar-refractivity contribution >= 4 is 41.6 Å². The van der Waals surface area contributed by atoms with Crippen molar-refractivity contribution in [2.75, 3.05) is 19.7 Å². The van der Waals surface area contributed by atoms with Gasteiger partial charge in [0.1, 0.15) is 5.56 Å². The topological polar surface area (TPSA) is 76.4 Å². The van der Waals surface area contributed by atoms with Crippen LogP contribution in [0.5, 0.6) is 0 Å². The number of nitrogens with one attached hydrogen (secondary N) is 1. The lowest BCUT2D eigenvalue weighted by Gasteiger charge is -2.25. The third-order valence-electron chi connectivity index (χ3n) is 4.37. The Bertz CT molecular complexity index is 877. The Labute approximate surface area is 180 Å². The first-order valence-corrected chi connectivity index (χ1v) is 9.07. The highest BCUT2D eigenvalue weighted by molar-refractivity contribution is 6.42. The molecule has 3 rings (SSSR count). The number of nitrogens with zero attached hydrogens (tertiary/aromatic N) is 2. The van der Waals surface area contributed by atoms with Crippen molar-refractivity contribution in [1.29, 1.82) is 0 Å². The fourth-order valence-corrected chi connectivity index (χ4v) is 3.43. The molecule has 0 spiro atoms. The van der Waals surface area contributed by atoms with Gasteiger partial charge in [0.15, 0.2) is 5.69 Å². The van der Waals surface area contributed by atoms with E-state index >= 15 is 0 Å². The van der Waals surface area contributed by atoms with Crippen LogP contribution in [0.25, 0.3) is 0 Å². The third kappa shape index (κ3) is 5.55. The van der Waals surface area contributed by atoms with Crippen LogP contribution < -0.4 is 5.32 Å². The van der Waals surface area contributed by atoms with E-state index in [1.54, 1.807) is 18.2 Å². The standard InChI is InChI=1S/C17H16Cl2F3N3O3.ClH/c18-12-2-1-9(5-13(12)19)14-10(6-23-3-4-28-14)7-25-8-11(16(26)27)15(24-25)17(20,21)22;/h1-2,5,8,10,14,23H,3-4,6-7H2,(H,26,27);1H/t10-,14-;/m0./s1. The summed E-state index contributed by atoms with van der Waals surface area (Å²) in [5, 5.41) is 16.4. The number of hydrogen-bond acceptors (Lipinski definition) is 4. The molecule has 1 aromatic heterocycles. The van der Waals surface area contributed by atoms with Gasteiger partial charge in [-0.05, 0) is 17.7 Å². The molecule has 0 aliphatic carbocycles. The van der Waals surface area contributed by atoms with Crippen LogP contribution in [0.15, 0.2) is 24.4 Å². The first-order chi connectivity index (χ1) is 13.2. The second-order valence-corrected chi connectivity index (χ2v) is 7.16. The molecule has 1 aliphatic rings. The van der Waals surface area contributed by atoms with Gasteiger partial charge < -0.3 is 15.2 Å². The van der Waals surface area contributed by atoms with Crippen LogP contribution in [0, 0.1) is 5.92 Å². The lowest BCUT2D eigenvalue weighted by atomic mass is 9.95. The number of rotatable bonds is 4. The van der Waals surface area contributed by atoms with Crippen LogP contribution in [-0.2, 0) is 17.5 Å². The van der Waals surface area contributed by atoms with E-state index in [1.807, 2.05) is 0 Å². The zero-order valence-corrected chi connectivity index (χ0v) is 17.1. The highest BCUT2D eigenvalue weighted by Crippen LogP contribution is 2.34. The summed E-state index contributed by atoms with van der Waals surface area (Å²) in [6.07, 6.45) is -4.45. The van der Waals surface area contributed by atoms with E-state index in [0.29, 0.717) is 29.7 Å². The van der Waals surface area contributed by atoms with Gasteiger partial charge in [-0.3, -0.25) is 4.68 Å². The molecule has 160 valence electrons. The minimum atomic E-state index is -4.86. The summed E-state index contributed by atoms with van der Waals surface area (Å²) in [7, 11) is 0. The summed E-state index contributed by atoms with van der Waals surface area (Å²) >= 11 is 12.0. The number of halogens is 6. The van der Waals surface area contributed by atoms with E-state index in [0.717, 1.165) is 16.4 Å². The maximum absolute atomic E-state index is 13.1. The molecule has 0 saturated carbocycles. The summed E-state index contributed by atoms with van der Waals surface area (Å²) in [4.78, 5) is 11.2. The van der Waals surface area contributed by atoms with Crippen LogP contribution >= 0.6 is 35.6 Å². The second-order valence-electron chi connectivity index (χ2n) is 6.35. The van der Waals surface area contributed by atoms with Crippen LogP contribution in [0.2, 0.25) is 10.0 Å². The molecule has 1 saturated heterocycles. The Morgan fingerprint density at radius 1 is 1.34 bits per heavy atom. The summed E-state index contributed by atoms with van der Waals surface area (Å²) in [6, 6.07) is 5.01. The summed E-state index contributed by atoms with van der Waals surface area (Å²) in [6.45, 7) is 1.43. The number of hydrogen-bond donors (Lipinski definition) is 2. The Kier molecular flexibility index (Phi) is 7.80. The van der Waals surface area contributed by atoms with Crippen molar-refractivity contribution in [3.63, 3.8) is 0 Å². The maximum atomic E-state index is 13.1. The number of benzene rings is 1. The van der Waals surface area contributed by atoms with Crippen molar-refractivity contribution in [3.05, 3.63) is 51.3 Å². The fraction of sp³-hybridized carbons (Fsp3) is 0.412.